The second kappa shape index (κ2) is 69.6. The van der Waals surface area contributed by atoms with E-state index in [-0.39, 0.29) is 31.1 Å². The molecule has 0 aromatic heterocycles. The summed E-state index contributed by atoms with van der Waals surface area (Å²) < 4.78 is 17.0. The van der Waals surface area contributed by atoms with Gasteiger partial charge in [0.15, 0.2) is 6.10 Å². The van der Waals surface area contributed by atoms with Crippen molar-refractivity contribution in [2.24, 2.45) is 0 Å². The Morgan fingerprint density at radius 3 is 0.716 bits per heavy atom. The third-order valence-electron chi connectivity index (χ3n) is 16.0. The molecule has 0 N–H and O–H groups in total. The number of ether oxygens (including phenoxy) is 3. The van der Waals surface area contributed by atoms with Crippen LogP contribution in [0.4, 0.5) is 0 Å². The summed E-state index contributed by atoms with van der Waals surface area (Å²) in [4.78, 5) is 38.4. The second-order valence-corrected chi connectivity index (χ2v) is 24.1. The molecule has 0 fully saturated rings. The summed E-state index contributed by atoms with van der Waals surface area (Å²) >= 11 is 0. The molecule has 1 atom stereocenters. The molecule has 0 spiro atoms. The average Bonchev–Trinajstić information content (AvgIpc) is 3.47. The summed E-state index contributed by atoms with van der Waals surface area (Å²) in [6, 6.07) is 0. The van der Waals surface area contributed by atoms with Crippen molar-refractivity contribution in [1.29, 1.82) is 0 Å². The van der Waals surface area contributed by atoms with E-state index < -0.39 is 6.10 Å². The van der Waals surface area contributed by atoms with E-state index in [1.807, 2.05) is 0 Å². The number of hydrogen-bond donors (Lipinski definition) is 0. The van der Waals surface area contributed by atoms with Gasteiger partial charge in [-0.15, -0.1) is 0 Å². The SMILES string of the molecule is CCCCC/C=C\C/C=C\CCCCCCCC(=O)OCC(COC(=O)CCCCCCCCCCCCCCCCCCCCC/C=C\C/C=C\CCCCCCC)OC(=O)CCCCCCCCC/C=C\CCCCCCCC. The Morgan fingerprint density at radius 1 is 0.247 bits per heavy atom. The minimum Gasteiger partial charge on any atom is -0.462 e. The van der Waals surface area contributed by atoms with Gasteiger partial charge in [0.05, 0.1) is 0 Å². The maximum atomic E-state index is 12.9. The van der Waals surface area contributed by atoms with Crippen LogP contribution in [0, 0.1) is 0 Å². The molecule has 0 saturated carbocycles. The number of esters is 3. The van der Waals surface area contributed by atoms with Crippen LogP contribution in [0.5, 0.6) is 0 Å². The lowest BCUT2D eigenvalue weighted by atomic mass is 10.0. The molecule has 6 heteroatoms. The Hall–Kier alpha value is -2.89. The van der Waals surface area contributed by atoms with Gasteiger partial charge in [-0.2, -0.15) is 0 Å². The molecule has 0 aliphatic carbocycles. The number of allylic oxidation sites excluding steroid dienone is 10. The zero-order chi connectivity index (χ0) is 58.5. The van der Waals surface area contributed by atoms with Crippen molar-refractivity contribution in [3.8, 4) is 0 Å². The van der Waals surface area contributed by atoms with Gasteiger partial charge in [0.1, 0.15) is 13.2 Å². The van der Waals surface area contributed by atoms with Crippen molar-refractivity contribution >= 4 is 17.9 Å². The molecule has 1 unspecified atom stereocenters. The summed E-state index contributed by atoms with van der Waals surface area (Å²) in [6.45, 7) is 6.64. The molecule has 6 nitrogen and oxygen atoms in total. The van der Waals surface area contributed by atoms with Crippen molar-refractivity contribution in [1.82, 2.24) is 0 Å². The van der Waals surface area contributed by atoms with Gasteiger partial charge in [-0.25, -0.2) is 0 Å². The lowest BCUT2D eigenvalue weighted by Gasteiger charge is -2.18. The molecule has 0 heterocycles. The summed E-state index contributed by atoms with van der Waals surface area (Å²) in [5.41, 5.74) is 0. The minimum absolute atomic E-state index is 0.0768. The first-order chi connectivity index (χ1) is 40.0. The van der Waals surface area contributed by atoms with Crippen molar-refractivity contribution in [2.75, 3.05) is 13.2 Å². The van der Waals surface area contributed by atoms with Gasteiger partial charge in [-0.1, -0.05) is 313 Å². The number of carbonyl (C=O) groups excluding carboxylic acids is 3. The van der Waals surface area contributed by atoms with Gasteiger partial charge >= 0.3 is 17.9 Å². The van der Waals surface area contributed by atoms with Crippen molar-refractivity contribution in [3.63, 3.8) is 0 Å². The largest absolute Gasteiger partial charge is 0.462 e. The standard InChI is InChI=1S/C75H136O6/c1-4-7-10-13-16-19-22-25-28-30-31-32-33-34-35-36-37-38-39-40-41-42-43-45-47-50-53-56-59-62-65-68-74(77)80-71-72(70-79-73(76)67-64-61-58-55-52-49-46-27-24-21-18-15-12-9-6-3)81-75(78)69-66-63-60-57-54-51-48-44-29-26-23-20-17-14-11-8-5-2/h18,21-22,25-27,29-31,46,72H,4-17,19-20,23-24,28,32-45,47-71H2,1-3H3/b21-18-,25-22-,29-26-,31-30-,46-27-. The molecular formula is C75H136O6. The quantitative estimate of drug-likeness (QED) is 0.0261. The first kappa shape index (κ1) is 78.1. The summed E-state index contributed by atoms with van der Waals surface area (Å²) in [6.07, 6.45) is 89.7. The molecule has 0 aromatic rings. The van der Waals surface area contributed by atoms with Gasteiger partial charge in [0, 0.05) is 19.3 Å². The molecule has 0 aliphatic heterocycles. The summed E-state index contributed by atoms with van der Waals surface area (Å²) in [7, 11) is 0. The van der Waals surface area contributed by atoms with E-state index in [1.54, 1.807) is 0 Å². The molecule has 81 heavy (non-hydrogen) atoms. The first-order valence-corrected chi connectivity index (χ1v) is 35.8. The third kappa shape index (κ3) is 67.8. The van der Waals surface area contributed by atoms with Gasteiger partial charge in [0.2, 0.25) is 0 Å². The lowest BCUT2D eigenvalue weighted by molar-refractivity contribution is -0.167. The van der Waals surface area contributed by atoms with E-state index in [0.29, 0.717) is 19.3 Å². The van der Waals surface area contributed by atoms with Crippen LogP contribution in [0.15, 0.2) is 60.8 Å². The highest BCUT2D eigenvalue weighted by molar-refractivity contribution is 5.71. The Bertz CT molecular complexity index is 1440. The molecule has 0 aliphatic rings. The monoisotopic (exact) mass is 1130 g/mol. The van der Waals surface area contributed by atoms with Crippen molar-refractivity contribution in [3.05, 3.63) is 60.8 Å². The van der Waals surface area contributed by atoms with Crippen molar-refractivity contribution in [2.45, 2.75) is 386 Å². The second-order valence-electron chi connectivity index (χ2n) is 24.1. The Morgan fingerprint density at radius 2 is 0.444 bits per heavy atom. The van der Waals surface area contributed by atoms with Crippen LogP contribution >= 0.6 is 0 Å². The van der Waals surface area contributed by atoms with E-state index in [4.69, 9.17) is 14.2 Å². The Balaban J connectivity index is 4.20. The fourth-order valence-corrected chi connectivity index (χ4v) is 10.6. The Kier molecular flexibility index (Phi) is 67.1. The number of carbonyl (C=O) groups is 3. The fraction of sp³-hybridized carbons (Fsp3) is 0.827. The number of hydrogen-bond acceptors (Lipinski definition) is 6. The molecule has 0 rings (SSSR count). The topological polar surface area (TPSA) is 78.9 Å². The molecule has 0 aromatic carbocycles. The molecule has 0 amide bonds. The highest BCUT2D eigenvalue weighted by atomic mass is 16.6. The van der Waals surface area contributed by atoms with Gasteiger partial charge in [0.25, 0.3) is 0 Å². The van der Waals surface area contributed by atoms with Crippen LogP contribution in [-0.4, -0.2) is 37.2 Å². The predicted octanol–water partition coefficient (Wildman–Crippen LogP) is 24.7. The summed E-state index contributed by atoms with van der Waals surface area (Å²) in [5, 5.41) is 0. The van der Waals surface area contributed by atoms with Crippen molar-refractivity contribution < 1.29 is 28.6 Å². The zero-order valence-corrected chi connectivity index (χ0v) is 54.3. The van der Waals surface area contributed by atoms with Gasteiger partial charge < -0.3 is 14.2 Å². The number of unbranched alkanes of at least 4 members (excludes halogenated alkanes) is 45. The maximum absolute atomic E-state index is 12.9. The van der Waals surface area contributed by atoms with E-state index >= 15 is 0 Å². The third-order valence-corrected chi connectivity index (χ3v) is 16.0. The first-order valence-electron chi connectivity index (χ1n) is 35.8. The lowest BCUT2D eigenvalue weighted by Crippen LogP contribution is -2.30. The predicted molar refractivity (Wildman–Crippen MR) is 353 cm³/mol. The molecule has 0 radical (unpaired) electrons. The van der Waals surface area contributed by atoms with E-state index in [1.165, 1.54) is 257 Å². The molecular weight excluding hydrogens is 997 g/mol. The molecule has 0 bridgehead atoms. The fourth-order valence-electron chi connectivity index (χ4n) is 10.6. The smallest absolute Gasteiger partial charge is 0.306 e. The normalized spacial score (nSPS) is 12.4. The highest BCUT2D eigenvalue weighted by Gasteiger charge is 2.19. The van der Waals surface area contributed by atoms with Crippen LogP contribution in [0.25, 0.3) is 0 Å². The maximum Gasteiger partial charge on any atom is 0.306 e. The zero-order valence-electron chi connectivity index (χ0n) is 54.3. The van der Waals surface area contributed by atoms with Crippen LogP contribution in [-0.2, 0) is 28.6 Å². The van der Waals surface area contributed by atoms with Gasteiger partial charge in [-0.3, -0.25) is 14.4 Å². The summed E-state index contributed by atoms with van der Waals surface area (Å²) in [5.74, 6) is -0.873. The number of rotatable bonds is 66. The molecule has 0 saturated heterocycles. The van der Waals surface area contributed by atoms with Gasteiger partial charge in [-0.05, 0) is 109 Å². The van der Waals surface area contributed by atoms with Crippen LogP contribution in [0.2, 0.25) is 0 Å². The van der Waals surface area contributed by atoms with E-state index in [0.717, 1.165) is 83.5 Å². The van der Waals surface area contributed by atoms with E-state index in [2.05, 4.69) is 81.5 Å². The van der Waals surface area contributed by atoms with E-state index in [9.17, 15) is 14.4 Å². The Labute approximate surface area is 504 Å². The van der Waals surface area contributed by atoms with Crippen LogP contribution in [0.1, 0.15) is 380 Å². The van der Waals surface area contributed by atoms with Crippen LogP contribution in [0.3, 0.4) is 0 Å². The van der Waals surface area contributed by atoms with Crippen LogP contribution < -0.4 is 0 Å². The average molecular weight is 1130 g/mol. The molecule has 472 valence electrons. The highest BCUT2D eigenvalue weighted by Crippen LogP contribution is 2.18. The minimum atomic E-state index is -0.782.